The number of aryl methyl sites for hydroxylation is 1. The van der Waals surface area contributed by atoms with Gasteiger partial charge in [0.25, 0.3) is 5.91 Å². The zero-order chi connectivity index (χ0) is 18.7. The van der Waals surface area contributed by atoms with Crippen molar-refractivity contribution in [2.24, 2.45) is 5.14 Å². The molecule has 9 heteroatoms. The summed E-state index contributed by atoms with van der Waals surface area (Å²) in [4.78, 5) is 18.4. The Balaban J connectivity index is 1.61. The molecule has 3 N–H and O–H groups in total. The Morgan fingerprint density at radius 1 is 1.23 bits per heavy atom. The monoisotopic (exact) mass is 391 g/mol. The highest BCUT2D eigenvalue weighted by atomic mass is 32.2. The van der Waals surface area contributed by atoms with Crippen LogP contribution in [0.3, 0.4) is 0 Å². The maximum absolute atomic E-state index is 12.4. The summed E-state index contributed by atoms with van der Waals surface area (Å²) >= 11 is 1.53. The van der Waals surface area contributed by atoms with Crippen LogP contribution in [0.5, 0.6) is 0 Å². The Kier molecular flexibility index (Phi) is 5.21. The van der Waals surface area contributed by atoms with Gasteiger partial charge in [-0.3, -0.25) is 4.79 Å². The standard InChI is InChI=1S/C17H17N3O4S2/c1-11-2-7-14(25-11)16-15(20-10-24-16)17(21)19-9-8-12-3-5-13(6-4-12)26(18,22)23/h2-7,10H,8-9H2,1H3,(H,19,21)(H2,18,22,23). The molecule has 0 radical (unpaired) electrons. The van der Waals surface area contributed by atoms with Crippen molar-refractivity contribution < 1.29 is 17.6 Å². The summed E-state index contributed by atoms with van der Waals surface area (Å²) in [5, 5.41) is 7.86. The lowest BCUT2D eigenvalue weighted by molar-refractivity contribution is 0.0950. The van der Waals surface area contributed by atoms with Crippen molar-refractivity contribution in [3.63, 3.8) is 0 Å². The average molecular weight is 391 g/mol. The van der Waals surface area contributed by atoms with Crippen molar-refractivity contribution in [3.05, 3.63) is 58.9 Å². The number of amides is 1. The van der Waals surface area contributed by atoms with Crippen molar-refractivity contribution >= 4 is 27.3 Å². The number of hydrogen-bond donors (Lipinski definition) is 2. The molecule has 2 heterocycles. The summed E-state index contributed by atoms with van der Waals surface area (Å²) < 4.78 is 27.8. The fraction of sp³-hybridized carbons (Fsp3) is 0.176. The fourth-order valence-electron chi connectivity index (χ4n) is 2.39. The van der Waals surface area contributed by atoms with Crippen LogP contribution >= 0.6 is 11.3 Å². The summed E-state index contributed by atoms with van der Waals surface area (Å²) in [6, 6.07) is 10.1. The van der Waals surface area contributed by atoms with Crippen LogP contribution in [-0.2, 0) is 16.4 Å². The van der Waals surface area contributed by atoms with Crippen LogP contribution in [0.2, 0.25) is 0 Å². The van der Waals surface area contributed by atoms with Gasteiger partial charge in [0.15, 0.2) is 17.8 Å². The van der Waals surface area contributed by atoms with Gasteiger partial charge in [-0.25, -0.2) is 18.5 Å². The van der Waals surface area contributed by atoms with E-state index in [-0.39, 0.29) is 16.5 Å². The van der Waals surface area contributed by atoms with Crippen LogP contribution < -0.4 is 10.5 Å². The van der Waals surface area contributed by atoms with Gasteiger partial charge < -0.3 is 9.73 Å². The predicted molar refractivity (Wildman–Crippen MR) is 98.4 cm³/mol. The van der Waals surface area contributed by atoms with Crippen LogP contribution in [0.25, 0.3) is 10.6 Å². The molecule has 7 nitrogen and oxygen atoms in total. The normalized spacial score (nSPS) is 11.5. The van der Waals surface area contributed by atoms with Gasteiger partial charge in [-0.15, -0.1) is 11.3 Å². The van der Waals surface area contributed by atoms with Crippen molar-refractivity contribution in [1.82, 2.24) is 10.3 Å². The number of sulfonamides is 1. The number of aromatic nitrogens is 1. The number of nitrogens with two attached hydrogens (primary N) is 1. The van der Waals surface area contributed by atoms with Crippen LogP contribution in [0.4, 0.5) is 0 Å². The molecule has 0 atom stereocenters. The fourth-order valence-corrected chi connectivity index (χ4v) is 3.76. The Morgan fingerprint density at radius 2 is 1.96 bits per heavy atom. The predicted octanol–water partition coefficient (Wildman–Crippen LogP) is 2.33. The number of nitrogens with zero attached hydrogens (tertiary/aromatic N) is 1. The molecule has 0 saturated heterocycles. The molecule has 136 valence electrons. The molecule has 26 heavy (non-hydrogen) atoms. The molecule has 3 aromatic rings. The summed E-state index contributed by atoms with van der Waals surface area (Å²) in [5.41, 5.74) is 1.13. The molecule has 0 aliphatic rings. The molecule has 3 rings (SSSR count). The summed E-state index contributed by atoms with van der Waals surface area (Å²) in [7, 11) is -3.70. The van der Waals surface area contributed by atoms with E-state index in [0.29, 0.717) is 18.7 Å². The van der Waals surface area contributed by atoms with E-state index < -0.39 is 10.0 Å². The Bertz CT molecular complexity index is 1020. The van der Waals surface area contributed by atoms with Crippen molar-refractivity contribution in [2.45, 2.75) is 18.2 Å². The zero-order valence-electron chi connectivity index (χ0n) is 13.9. The number of primary sulfonamides is 1. The largest absolute Gasteiger partial charge is 0.442 e. The second kappa shape index (κ2) is 7.40. The van der Waals surface area contributed by atoms with E-state index in [4.69, 9.17) is 9.56 Å². The van der Waals surface area contributed by atoms with E-state index in [1.807, 2.05) is 19.1 Å². The summed E-state index contributed by atoms with van der Waals surface area (Å²) in [5.74, 6) is 0.138. The molecule has 0 unspecified atom stereocenters. The van der Waals surface area contributed by atoms with Crippen molar-refractivity contribution in [2.75, 3.05) is 6.54 Å². The third-order valence-electron chi connectivity index (χ3n) is 3.70. The minimum atomic E-state index is -3.70. The second-order valence-corrected chi connectivity index (χ2v) is 8.48. The molecule has 0 bridgehead atoms. The third-order valence-corrected chi connectivity index (χ3v) is 5.63. The molecule has 0 aliphatic heterocycles. The lowest BCUT2D eigenvalue weighted by atomic mass is 10.1. The number of thiophene rings is 1. The van der Waals surface area contributed by atoms with Gasteiger partial charge >= 0.3 is 0 Å². The number of nitrogens with one attached hydrogen (secondary N) is 1. The van der Waals surface area contributed by atoms with E-state index in [1.54, 1.807) is 12.1 Å². The van der Waals surface area contributed by atoms with Gasteiger partial charge in [0, 0.05) is 11.4 Å². The number of carbonyl (C=O) groups is 1. The number of oxazole rings is 1. The smallest absolute Gasteiger partial charge is 0.273 e. The molecule has 0 aliphatic carbocycles. The number of hydrogen-bond acceptors (Lipinski definition) is 6. The maximum Gasteiger partial charge on any atom is 0.273 e. The van der Waals surface area contributed by atoms with Crippen LogP contribution in [0.15, 0.2) is 52.1 Å². The van der Waals surface area contributed by atoms with Gasteiger partial charge in [0.2, 0.25) is 10.0 Å². The molecule has 0 spiro atoms. The Hall–Kier alpha value is -2.49. The molecule has 0 fully saturated rings. The van der Waals surface area contributed by atoms with Crippen molar-refractivity contribution in [1.29, 1.82) is 0 Å². The van der Waals surface area contributed by atoms with Crippen molar-refractivity contribution in [3.8, 4) is 10.6 Å². The topological polar surface area (TPSA) is 115 Å². The second-order valence-electron chi connectivity index (χ2n) is 5.64. The maximum atomic E-state index is 12.4. The van der Waals surface area contributed by atoms with E-state index in [1.165, 1.54) is 29.9 Å². The van der Waals surface area contributed by atoms with E-state index in [2.05, 4.69) is 10.3 Å². The first kappa shape index (κ1) is 18.3. The highest BCUT2D eigenvalue weighted by Gasteiger charge is 2.19. The van der Waals surface area contributed by atoms with Crippen LogP contribution in [0, 0.1) is 6.92 Å². The number of benzene rings is 1. The Morgan fingerprint density at radius 3 is 2.58 bits per heavy atom. The minimum Gasteiger partial charge on any atom is -0.442 e. The summed E-state index contributed by atoms with van der Waals surface area (Å²) in [6.45, 7) is 2.36. The first-order valence-electron chi connectivity index (χ1n) is 7.75. The quantitative estimate of drug-likeness (QED) is 0.669. The van der Waals surface area contributed by atoms with Gasteiger partial charge in [0.05, 0.1) is 9.77 Å². The molecule has 1 amide bonds. The lowest BCUT2D eigenvalue weighted by Crippen LogP contribution is -2.26. The minimum absolute atomic E-state index is 0.0590. The van der Waals surface area contributed by atoms with E-state index in [9.17, 15) is 13.2 Å². The van der Waals surface area contributed by atoms with Crippen LogP contribution in [0.1, 0.15) is 20.9 Å². The highest BCUT2D eigenvalue weighted by Crippen LogP contribution is 2.29. The van der Waals surface area contributed by atoms with Crippen LogP contribution in [-0.4, -0.2) is 25.9 Å². The van der Waals surface area contributed by atoms with E-state index >= 15 is 0 Å². The van der Waals surface area contributed by atoms with Gasteiger partial charge in [-0.2, -0.15) is 0 Å². The lowest BCUT2D eigenvalue weighted by Gasteiger charge is -2.05. The number of rotatable bonds is 6. The van der Waals surface area contributed by atoms with Gasteiger partial charge in [-0.05, 0) is 43.2 Å². The number of carbonyl (C=O) groups excluding carboxylic acids is 1. The molecule has 2 aromatic heterocycles. The zero-order valence-corrected chi connectivity index (χ0v) is 15.6. The third kappa shape index (κ3) is 4.18. The first-order chi connectivity index (χ1) is 12.3. The molecule has 1 aromatic carbocycles. The first-order valence-corrected chi connectivity index (χ1v) is 10.1. The van der Waals surface area contributed by atoms with Gasteiger partial charge in [-0.1, -0.05) is 12.1 Å². The summed E-state index contributed by atoms with van der Waals surface area (Å²) in [6.07, 6.45) is 1.80. The molecular weight excluding hydrogens is 374 g/mol. The highest BCUT2D eigenvalue weighted by molar-refractivity contribution is 7.89. The molecular formula is C17H17N3O4S2. The SMILES string of the molecule is Cc1ccc(-c2ocnc2C(=O)NCCc2ccc(S(N)(=O)=O)cc2)s1. The van der Waals surface area contributed by atoms with Gasteiger partial charge in [0.1, 0.15) is 0 Å². The molecule has 0 saturated carbocycles. The average Bonchev–Trinajstić information content (AvgIpc) is 3.23. The Labute approximate surface area is 154 Å². The van der Waals surface area contributed by atoms with E-state index in [0.717, 1.165) is 15.3 Å².